The molecule has 7 nitrogen and oxygen atoms in total. The summed E-state index contributed by atoms with van der Waals surface area (Å²) in [5.41, 5.74) is 14.3. The number of aromatic nitrogens is 5. The number of furan rings is 1. The van der Waals surface area contributed by atoms with Crippen molar-refractivity contribution in [1.29, 1.82) is 0 Å². The quantitative estimate of drug-likeness (QED) is 0.156. The average Bonchev–Trinajstić information content (AvgIpc) is 4.20. The standard InChI is InChI=1S/C65H38N6O/c1-66-59-58-49-32-20-31-48(51-39-50(40-21-4-2-5-22-40)67-65(68-51)41-23-6-3-7-24-41)63(49)72-64(58)62(71-56-37-18-12-29-46(56)47-30-13-19-38-57(47)71)61(70-54-35-16-10-27-44(54)45-28-11-17-36-55(45)70)60(59)69-52-33-14-8-25-42(52)43-26-9-15-34-53(43)69/h2-39H. The van der Waals surface area contributed by atoms with E-state index in [0.717, 1.165) is 116 Å². The summed E-state index contributed by atoms with van der Waals surface area (Å²) in [4.78, 5) is 15.2. The van der Waals surface area contributed by atoms with Gasteiger partial charge in [0.25, 0.3) is 0 Å². The fourth-order valence-electron chi connectivity index (χ4n) is 11.5. The number of benzene rings is 10. The van der Waals surface area contributed by atoms with E-state index >= 15 is 0 Å². The zero-order valence-electron chi connectivity index (χ0n) is 38.5. The second-order valence-corrected chi connectivity index (χ2v) is 18.3. The van der Waals surface area contributed by atoms with E-state index in [0.29, 0.717) is 28.4 Å². The number of fused-ring (bicyclic) bond motifs is 12. The predicted molar refractivity (Wildman–Crippen MR) is 295 cm³/mol. The van der Waals surface area contributed by atoms with E-state index in [1.54, 1.807) is 0 Å². The highest BCUT2D eigenvalue weighted by atomic mass is 16.3. The Labute approximate surface area is 412 Å². The van der Waals surface area contributed by atoms with Crippen molar-refractivity contribution < 1.29 is 4.42 Å². The zero-order chi connectivity index (χ0) is 47.4. The van der Waals surface area contributed by atoms with Crippen LogP contribution >= 0.6 is 0 Å². The topological polar surface area (TPSA) is 58.1 Å². The molecule has 0 N–H and O–H groups in total. The second-order valence-electron chi connectivity index (χ2n) is 18.3. The Morgan fingerprint density at radius 2 is 0.736 bits per heavy atom. The fourth-order valence-corrected chi connectivity index (χ4v) is 11.5. The molecule has 72 heavy (non-hydrogen) atoms. The van der Waals surface area contributed by atoms with Crippen LogP contribution in [-0.4, -0.2) is 23.7 Å². The molecule has 0 amide bonds. The zero-order valence-corrected chi connectivity index (χ0v) is 38.5. The molecule has 0 aliphatic rings. The molecule has 0 saturated carbocycles. The molecule has 5 heterocycles. The number of hydrogen-bond donors (Lipinski definition) is 0. The van der Waals surface area contributed by atoms with Gasteiger partial charge in [0.2, 0.25) is 5.69 Å². The summed E-state index contributed by atoms with van der Waals surface area (Å²) in [6, 6.07) is 80.2. The molecule has 0 spiro atoms. The van der Waals surface area contributed by atoms with Crippen LogP contribution in [0.1, 0.15) is 0 Å². The predicted octanol–water partition coefficient (Wildman–Crippen LogP) is 17.2. The fraction of sp³-hybridized carbons (Fsp3) is 0. The molecule has 0 bridgehead atoms. The van der Waals surface area contributed by atoms with Crippen LogP contribution in [0.25, 0.3) is 143 Å². The van der Waals surface area contributed by atoms with Gasteiger partial charge in [-0.2, -0.15) is 0 Å². The Balaban J connectivity index is 1.20. The third-order valence-electron chi connectivity index (χ3n) is 14.5. The Kier molecular flexibility index (Phi) is 8.59. The number of rotatable bonds is 6. The maximum atomic E-state index is 9.55. The molecule has 10 aromatic carbocycles. The van der Waals surface area contributed by atoms with Gasteiger partial charge < -0.3 is 18.1 Å². The van der Waals surface area contributed by atoms with Crippen LogP contribution in [0.4, 0.5) is 5.69 Å². The Morgan fingerprint density at radius 1 is 0.347 bits per heavy atom. The molecule has 5 aromatic heterocycles. The van der Waals surface area contributed by atoms with Crippen LogP contribution in [0, 0.1) is 6.57 Å². The second kappa shape index (κ2) is 15.5. The van der Waals surface area contributed by atoms with Gasteiger partial charge in [0.1, 0.15) is 11.3 Å². The van der Waals surface area contributed by atoms with E-state index in [2.05, 4.69) is 196 Å². The first kappa shape index (κ1) is 39.9. The molecule has 0 saturated heterocycles. The third kappa shape index (κ3) is 5.66. The first-order chi connectivity index (χ1) is 35.7. The van der Waals surface area contributed by atoms with Crippen LogP contribution in [-0.2, 0) is 0 Å². The lowest BCUT2D eigenvalue weighted by molar-refractivity contribution is 0.667. The smallest absolute Gasteiger partial charge is 0.224 e. The normalized spacial score (nSPS) is 11.9. The van der Waals surface area contributed by atoms with E-state index in [1.807, 2.05) is 48.5 Å². The van der Waals surface area contributed by atoms with Crippen molar-refractivity contribution in [3.8, 4) is 51.0 Å². The molecule has 0 atom stereocenters. The van der Waals surface area contributed by atoms with E-state index in [1.165, 1.54) is 0 Å². The highest BCUT2D eigenvalue weighted by molar-refractivity contribution is 6.24. The molecule has 0 radical (unpaired) electrons. The van der Waals surface area contributed by atoms with Crippen molar-refractivity contribution >= 4 is 93.0 Å². The molecule has 0 aliphatic heterocycles. The number of nitrogens with zero attached hydrogens (tertiary/aromatic N) is 6. The molecule has 334 valence electrons. The monoisotopic (exact) mass is 918 g/mol. The molecule has 15 aromatic rings. The van der Waals surface area contributed by atoms with Crippen molar-refractivity contribution in [2.75, 3.05) is 0 Å². The lowest BCUT2D eigenvalue weighted by Crippen LogP contribution is -2.10. The van der Waals surface area contributed by atoms with Crippen LogP contribution < -0.4 is 0 Å². The number of para-hydroxylation sites is 7. The summed E-state index contributed by atoms with van der Waals surface area (Å²) < 4.78 is 14.8. The summed E-state index contributed by atoms with van der Waals surface area (Å²) in [5, 5.41) is 8.18. The van der Waals surface area contributed by atoms with E-state index in [-0.39, 0.29) is 0 Å². The van der Waals surface area contributed by atoms with Crippen molar-refractivity contribution in [1.82, 2.24) is 23.7 Å². The maximum absolute atomic E-state index is 9.55. The largest absolute Gasteiger partial charge is 0.454 e. The van der Waals surface area contributed by atoms with Gasteiger partial charge in [0.05, 0.1) is 62.4 Å². The summed E-state index contributed by atoms with van der Waals surface area (Å²) in [7, 11) is 0. The maximum Gasteiger partial charge on any atom is 0.224 e. The van der Waals surface area contributed by atoms with Gasteiger partial charge in [0, 0.05) is 59.8 Å². The van der Waals surface area contributed by atoms with Crippen LogP contribution in [0.3, 0.4) is 0 Å². The summed E-state index contributed by atoms with van der Waals surface area (Å²) in [6.45, 7) is 9.55. The highest BCUT2D eigenvalue weighted by Crippen LogP contribution is 2.53. The summed E-state index contributed by atoms with van der Waals surface area (Å²) in [5.74, 6) is 0.607. The van der Waals surface area contributed by atoms with Crippen molar-refractivity contribution in [2.45, 2.75) is 0 Å². The van der Waals surface area contributed by atoms with Gasteiger partial charge >= 0.3 is 0 Å². The van der Waals surface area contributed by atoms with Gasteiger partial charge in [-0.1, -0.05) is 182 Å². The van der Waals surface area contributed by atoms with Gasteiger partial charge in [-0.15, -0.1) is 0 Å². The molecule has 15 rings (SSSR count). The Morgan fingerprint density at radius 3 is 1.21 bits per heavy atom. The lowest BCUT2D eigenvalue weighted by atomic mass is 10.0. The molecular weight excluding hydrogens is 881 g/mol. The summed E-state index contributed by atoms with van der Waals surface area (Å²) in [6.07, 6.45) is 0. The average molecular weight is 919 g/mol. The Bertz CT molecular complexity index is 4540. The van der Waals surface area contributed by atoms with Crippen LogP contribution in [0.2, 0.25) is 0 Å². The minimum atomic E-state index is 0.478. The van der Waals surface area contributed by atoms with Crippen LogP contribution in [0.5, 0.6) is 0 Å². The van der Waals surface area contributed by atoms with Gasteiger partial charge in [-0.25, -0.2) is 14.8 Å². The molecule has 0 aliphatic carbocycles. The minimum absolute atomic E-state index is 0.478. The van der Waals surface area contributed by atoms with Crippen molar-refractivity contribution in [2.24, 2.45) is 0 Å². The lowest BCUT2D eigenvalue weighted by Gasteiger charge is -2.24. The third-order valence-corrected chi connectivity index (χ3v) is 14.5. The molecule has 7 heteroatoms. The minimum Gasteiger partial charge on any atom is -0.454 e. The molecule has 0 unspecified atom stereocenters. The Hall–Kier alpha value is -10.0. The van der Waals surface area contributed by atoms with E-state index < -0.39 is 0 Å². The first-order valence-corrected chi connectivity index (χ1v) is 24.1. The van der Waals surface area contributed by atoms with E-state index in [9.17, 15) is 6.57 Å². The van der Waals surface area contributed by atoms with Crippen molar-refractivity contribution in [3.63, 3.8) is 0 Å². The van der Waals surface area contributed by atoms with Crippen molar-refractivity contribution in [3.05, 3.63) is 242 Å². The molecule has 0 fully saturated rings. The SMILES string of the molecule is [C-]#[N+]c1c(-n2c3ccccc3c3ccccc32)c(-n2c3ccccc3c3ccccc32)c(-n2c3ccccc3c3ccccc32)c2oc3c(-c4cc(-c5ccccc5)nc(-c5ccccc5)n4)cccc3c12. The summed E-state index contributed by atoms with van der Waals surface area (Å²) >= 11 is 0. The van der Waals surface area contributed by atoms with Gasteiger partial charge in [-0.05, 0) is 48.5 Å². The first-order valence-electron chi connectivity index (χ1n) is 24.1. The molecular formula is C65H38N6O. The number of hydrogen-bond acceptors (Lipinski definition) is 3. The van der Waals surface area contributed by atoms with Gasteiger partial charge in [-0.3, -0.25) is 0 Å². The van der Waals surface area contributed by atoms with Gasteiger partial charge in [0.15, 0.2) is 11.4 Å². The van der Waals surface area contributed by atoms with Crippen LogP contribution in [0.15, 0.2) is 235 Å². The highest BCUT2D eigenvalue weighted by Gasteiger charge is 2.33. The van der Waals surface area contributed by atoms with E-state index in [4.69, 9.17) is 19.2 Å².